The van der Waals surface area contributed by atoms with Gasteiger partial charge in [-0.1, -0.05) is 23.7 Å². The molecular formula is C18H23ClN4O. The molecule has 2 amide bonds. The first-order valence-electron chi connectivity index (χ1n) is 8.27. The number of amides is 2. The van der Waals surface area contributed by atoms with Crippen molar-refractivity contribution in [3.63, 3.8) is 0 Å². The van der Waals surface area contributed by atoms with Gasteiger partial charge in [-0.25, -0.2) is 4.79 Å². The van der Waals surface area contributed by atoms with Crippen molar-refractivity contribution in [1.29, 1.82) is 0 Å². The van der Waals surface area contributed by atoms with Gasteiger partial charge >= 0.3 is 6.03 Å². The minimum absolute atomic E-state index is 0.0314. The number of hydrogen-bond acceptors (Lipinski definition) is 2. The van der Waals surface area contributed by atoms with Gasteiger partial charge in [0.05, 0.1) is 18.3 Å². The molecule has 1 aromatic carbocycles. The van der Waals surface area contributed by atoms with Crippen molar-refractivity contribution < 1.29 is 4.79 Å². The van der Waals surface area contributed by atoms with E-state index >= 15 is 0 Å². The van der Waals surface area contributed by atoms with Crippen molar-refractivity contribution in [2.45, 2.75) is 38.3 Å². The number of carbonyl (C=O) groups is 1. The molecule has 0 saturated heterocycles. The lowest BCUT2D eigenvalue weighted by atomic mass is 9.93. The number of carbonyl (C=O) groups excluding carboxylic acids is 1. The zero-order valence-corrected chi connectivity index (χ0v) is 15.0. The number of nitrogens with one attached hydrogen (secondary N) is 1. The SMILES string of the molecule is C[C@@H](c1cccc(Cl)c1)N(C)C(=O)N[C@@H]1CCCc2c1cnn2C. The first kappa shape index (κ1) is 16.8. The summed E-state index contributed by atoms with van der Waals surface area (Å²) in [6, 6.07) is 7.52. The van der Waals surface area contributed by atoms with Gasteiger partial charge in [-0.3, -0.25) is 4.68 Å². The molecule has 1 heterocycles. The fraction of sp³-hybridized carbons (Fsp3) is 0.444. The predicted molar refractivity (Wildman–Crippen MR) is 95.0 cm³/mol. The molecule has 1 aliphatic carbocycles. The summed E-state index contributed by atoms with van der Waals surface area (Å²) in [7, 11) is 3.77. The van der Waals surface area contributed by atoms with Crippen LogP contribution in [0, 0.1) is 0 Å². The third kappa shape index (κ3) is 3.26. The van der Waals surface area contributed by atoms with Crippen molar-refractivity contribution in [2.24, 2.45) is 7.05 Å². The van der Waals surface area contributed by atoms with Gasteiger partial charge in [0.2, 0.25) is 0 Å². The second-order valence-electron chi connectivity index (χ2n) is 6.41. The zero-order valence-electron chi connectivity index (χ0n) is 14.3. The van der Waals surface area contributed by atoms with Crippen LogP contribution in [-0.4, -0.2) is 27.8 Å². The van der Waals surface area contributed by atoms with E-state index in [4.69, 9.17) is 11.6 Å². The van der Waals surface area contributed by atoms with E-state index in [-0.39, 0.29) is 18.1 Å². The van der Waals surface area contributed by atoms with Crippen molar-refractivity contribution in [2.75, 3.05) is 7.05 Å². The first-order chi connectivity index (χ1) is 11.5. The Labute approximate surface area is 147 Å². The van der Waals surface area contributed by atoms with E-state index in [0.29, 0.717) is 5.02 Å². The lowest BCUT2D eigenvalue weighted by Crippen LogP contribution is -2.41. The summed E-state index contributed by atoms with van der Waals surface area (Å²) < 4.78 is 1.91. The topological polar surface area (TPSA) is 50.2 Å². The molecule has 2 atom stereocenters. The van der Waals surface area contributed by atoms with E-state index in [0.717, 1.165) is 30.4 Å². The molecule has 2 aromatic rings. The van der Waals surface area contributed by atoms with Crippen molar-refractivity contribution >= 4 is 17.6 Å². The number of aryl methyl sites for hydroxylation is 1. The normalized spacial score (nSPS) is 17.9. The second kappa shape index (κ2) is 6.85. The zero-order chi connectivity index (χ0) is 17.3. The number of aromatic nitrogens is 2. The van der Waals surface area contributed by atoms with Gasteiger partial charge in [-0.05, 0) is 43.9 Å². The van der Waals surface area contributed by atoms with E-state index in [1.807, 2.05) is 56.2 Å². The average molecular weight is 347 g/mol. The predicted octanol–water partition coefficient (Wildman–Crippen LogP) is 3.85. The maximum Gasteiger partial charge on any atom is 0.318 e. The molecule has 1 aliphatic rings. The van der Waals surface area contributed by atoms with E-state index < -0.39 is 0 Å². The molecule has 24 heavy (non-hydrogen) atoms. The molecule has 1 aromatic heterocycles. The van der Waals surface area contributed by atoms with E-state index in [9.17, 15) is 4.79 Å². The third-order valence-corrected chi connectivity index (χ3v) is 5.14. The molecule has 6 heteroatoms. The van der Waals surface area contributed by atoms with Crippen LogP contribution >= 0.6 is 11.6 Å². The number of hydrogen-bond donors (Lipinski definition) is 1. The van der Waals surface area contributed by atoms with Crippen LogP contribution in [-0.2, 0) is 13.5 Å². The third-order valence-electron chi connectivity index (χ3n) is 4.91. The Bertz CT molecular complexity index is 742. The van der Waals surface area contributed by atoms with Gasteiger partial charge in [-0.15, -0.1) is 0 Å². The van der Waals surface area contributed by atoms with Crippen LogP contribution in [0.15, 0.2) is 30.5 Å². The molecule has 0 aliphatic heterocycles. The number of rotatable bonds is 3. The van der Waals surface area contributed by atoms with E-state index in [2.05, 4.69) is 10.4 Å². The Morgan fingerprint density at radius 1 is 1.50 bits per heavy atom. The standard InChI is InChI=1S/C18H23ClN4O/c1-12(13-6-4-7-14(19)10-13)22(2)18(24)21-16-8-5-9-17-15(16)11-20-23(17)3/h4,6-7,10-12,16H,5,8-9H2,1-3H3,(H,21,24)/t12-,16+/m0/s1. The number of nitrogens with zero attached hydrogens (tertiary/aromatic N) is 3. The van der Waals surface area contributed by atoms with Gasteiger partial charge in [0.1, 0.15) is 0 Å². The number of halogens is 1. The van der Waals surface area contributed by atoms with Crippen LogP contribution in [0.5, 0.6) is 0 Å². The number of benzene rings is 1. The van der Waals surface area contributed by atoms with E-state index in [1.165, 1.54) is 5.69 Å². The van der Waals surface area contributed by atoms with Crippen molar-refractivity contribution in [1.82, 2.24) is 20.0 Å². The second-order valence-corrected chi connectivity index (χ2v) is 6.84. The first-order valence-corrected chi connectivity index (χ1v) is 8.64. The number of urea groups is 1. The Morgan fingerprint density at radius 2 is 2.29 bits per heavy atom. The Hall–Kier alpha value is -2.01. The molecule has 0 bridgehead atoms. The maximum atomic E-state index is 12.7. The number of fused-ring (bicyclic) bond motifs is 1. The summed E-state index contributed by atoms with van der Waals surface area (Å²) in [6.07, 6.45) is 4.90. The largest absolute Gasteiger partial charge is 0.331 e. The monoisotopic (exact) mass is 346 g/mol. The lowest BCUT2D eigenvalue weighted by Gasteiger charge is -2.30. The molecule has 0 fully saturated rings. The highest BCUT2D eigenvalue weighted by molar-refractivity contribution is 6.30. The molecule has 1 N–H and O–H groups in total. The highest BCUT2D eigenvalue weighted by atomic mass is 35.5. The van der Waals surface area contributed by atoms with E-state index in [1.54, 1.807) is 4.90 Å². The molecule has 5 nitrogen and oxygen atoms in total. The molecular weight excluding hydrogens is 324 g/mol. The Balaban J connectivity index is 1.71. The van der Waals surface area contributed by atoms with Crippen LogP contribution in [0.2, 0.25) is 5.02 Å². The minimum Gasteiger partial charge on any atom is -0.331 e. The summed E-state index contributed by atoms with van der Waals surface area (Å²) in [5.41, 5.74) is 3.38. The van der Waals surface area contributed by atoms with Crippen LogP contribution < -0.4 is 5.32 Å². The Morgan fingerprint density at radius 3 is 3.04 bits per heavy atom. The van der Waals surface area contributed by atoms with Gasteiger partial charge in [0.25, 0.3) is 0 Å². The van der Waals surface area contributed by atoms with Gasteiger partial charge in [-0.2, -0.15) is 5.10 Å². The summed E-state index contributed by atoms with van der Waals surface area (Å²) in [5, 5.41) is 8.17. The molecule has 0 saturated carbocycles. The highest BCUT2D eigenvalue weighted by Crippen LogP contribution is 2.30. The van der Waals surface area contributed by atoms with Gasteiger partial charge in [0, 0.05) is 30.4 Å². The molecule has 3 rings (SSSR count). The summed E-state index contributed by atoms with van der Waals surface area (Å²) in [4.78, 5) is 14.4. The van der Waals surface area contributed by atoms with Gasteiger partial charge < -0.3 is 10.2 Å². The molecule has 0 unspecified atom stereocenters. The smallest absolute Gasteiger partial charge is 0.318 e. The summed E-state index contributed by atoms with van der Waals surface area (Å²) >= 11 is 6.06. The fourth-order valence-corrected chi connectivity index (χ4v) is 3.47. The summed E-state index contributed by atoms with van der Waals surface area (Å²) in [6.45, 7) is 2.00. The fourth-order valence-electron chi connectivity index (χ4n) is 3.27. The van der Waals surface area contributed by atoms with Gasteiger partial charge in [0.15, 0.2) is 0 Å². The molecule has 128 valence electrons. The quantitative estimate of drug-likeness (QED) is 0.917. The van der Waals surface area contributed by atoms with Crippen LogP contribution in [0.3, 0.4) is 0 Å². The minimum atomic E-state index is -0.0795. The molecule has 0 spiro atoms. The average Bonchev–Trinajstić information content (AvgIpc) is 2.96. The lowest BCUT2D eigenvalue weighted by molar-refractivity contribution is 0.189. The Kier molecular flexibility index (Phi) is 4.81. The highest BCUT2D eigenvalue weighted by Gasteiger charge is 2.27. The maximum absolute atomic E-state index is 12.7. The van der Waals surface area contributed by atoms with Crippen LogP contribution in [0.4, 0.5) is 4.79 Å². The molecule has 0 radical (unpaired) electrons. The van der Waals surface area contributed by atoms with Crippen molar-refractivity contribution in [3.05, 3.63) is 52.3 Å². The van der Waals surface area contributed by atoms with Crippen LogP contribution in [0.1, 0.15) is 48.7 Å². The summed E-state index contributed by atoms with van der Waals surface area (Å²) in [5.74, 6) is 0. The van der Waals surface area contributed by atoms with Crippen LogP contribution in [0.25, 0.3) is 0 Å². The van der Waals surface area contributed by atoms with Crippen molar-refractivity contribution in [3.8, 4) is 0 Å².